The number of fused-ring (bicyclic) bond motifs is 1. The van der Waals surface area contributed by atoms with E-state index < -0.39 is 5.97 Å². The van der Waals surface area contributed by atoms with E-state index in [1.807, 2.05) is 36.4 Å². The summed E-state index contributed by atoms with van der Waals surface area (Å²) in [6.45, 7) is 0. The minimum atomic E-state index is -0.927. The van der Waals surface area contributed by atoms with Gasteiger partial charge in [0.2, 0.25) is 0 Å². The van der Waals surface area contributed by atoms with Crippen LogP contribution in [0.15, 0.2) is 60.8 Å². The molecule has 3 rings (SSSR count). The number of aromatic nitrogens is 1. The van der Waals surface area contributed by atoms with E-state index in [1.54, 1.807) is 24.4 Å². The molecule has 1 N–H and O–H groups in total. The number of nitrogens with zero attached hydrogens (tertiary/aromatic N) is 1. The van der Waals surface area contributed by atoms with Crippen LogP contribution in [-0.2, 0) is 0 Å². The Morgan fingerprint density at radius 3 is 2.58 bits per heavy atom. The van der Waals surface area contributed by atoms with Crippen LogP contribution >= 0.6 is 0 Å². The Hall–Kier alpha value is -2.68. The number of benzene rings is 2. The maximum absolute atomic E-state index is 11.2. The van der Waals surface area contributed by atoms with E-state index in [4.69, 9.17) is 0 Å². The zero-order valence-electron chi connectivity index (χ0n) is 10.1. The molecule has 0 fully saturated rings. The molecule has 1 heterocycles. The molecular formula is C16H11NO2. The van der Waals surface area contributed by atoms with Crippen molar-refractivity contribution in [3.63, 3.8) is 0 Å². The van der Waals surface area contributed by atoms with Gasteiger partial charge in [-0.2, -0.15) is 0 Å². The Bertz CT molecular complexity index is 765. The molecule has 0 spiro atoms. The van der Waals surface area contributed by atoms with Gasteiger partial charge < -0.3 is 5.11 Å². The van der Waals surface area contributed by atoms with Crippen molar-refractivity contribution in [1.82, 2.24) is 4.98 Å². The van der Waals surface area contributed by atoms with Gasteiger partial charge in [0.15, 0.2) is 0 Å². The summed E-state index contributed by atoms with van der Waals surface area (Å²) >= 11 is 0. The predicted octanol–water partition coefficient (Wildman–Crippen LogP) is 3.60. The van der Waals surface area contributed by atoms with Gasteiger partial charge in [-0.15, -0.1) is 0 Å². The van der Waals surface area contributed by atoms with Gasteiger partial charge >= 0.3 is 5.97 Å². The average Bonchev–Trinajstić information content (AvgIpc) is 2.46. The van der Waals surface area contributed by atoms with Gasteiger partial charge in [-0.3, -0.25) is 4.98 Å². The number of para-hydroxylation sites is 1. The third kappa shape index (κ3) is 2.06. The van der Waals surface area contributed by atoms with Crippen LogP contribution in [0.2, 0.25) is 0 Å². The second kappa shape index (κ2) is 4.53. The molecule has 0 saturated heterocycles. The number of carboxylic acids is 1. The highest BCUT2D eigenvalue weighted by atomic mass is 16.4. The van der Waals surface area contributed by atoms with Crippen LogP contribution in [0.1, 0.15) is 10.4 Å². The quantitative estimate of drug-likeness (QED) is 0.754. The smallest absolute Gasteiger partial charge is 0.336 e. The first-order valence-corrected chi connectivity index (χ1v) is 5.93. The molecule has 0 unspecified atom stereocenters. The third-order valence-electron chi connectivity index (χ3n) is 3.06. The van der Waals surface area contributed by atoms with E-state index in [1.165, 1.54) is 0 Å². The SMILES string of the molecule is O=C(O)c1ccccc1-c1cnc2ccccc2c1. The molecular weight excluding hydrogens is 238 g/mol. The Morgan fingerprint density at radius 2 is 1.74 bits per heavy atom. The summed E-state index contributed by atoms with van der Waals surface area (Å²) in [5.41, 5.74) is 2.70. The van der Waals surface area contributed by atoms with Crippen molar-refractivity contribution in [1.29, 1.82) is 0 Å². The molecule has 3 heteroatoms. The zero-order chi connectivity index (χ0) is 13.2. The predicted molar refractivity (Wildman–Crippen MR) is 74.1 cm³/mol. The number of aromatic carboxylic acids is 1. The van der Waals surface area contributed by atoms with E-state index >= 15 is 0 Å². The average molecular weight is 249 g/mol. The van der Waals surface area contributed by atoms with Gasteiger partial charge in [-0.1, -0.05) is 36.4 Å². The molecule has 0 aliphatic carbocycles. The Labute approximate surface area is 110 Å². The fraction of sp³-hybridized carbons (Fsp3) is 0. The Balaban J connectivity index is 2.22. The summed E-state index contributed by atoms with van der Waals surface area (Å²) in [5.74, 6) is -0.927. The first-order valence-electron chi connectivity index (χ1n) is 5.93. The van der Waals surface area contributed by atoms with Crippen molar-refractivity contribution in [3.05, 3.63) is 66.4 Å². The molecule has 19 heavy (non-hydrogen) atoms. The lowest BCUT2D eigenvalue weighted by molar-refractivity contribution is 0.0697. The van der Waals surface area contributed by atoms with Crippen LogP contribution in [0, 0.1) is 0 Å². The van der Waals surface area contributed by atoms with Crippen LogP contribution in [0.5, 0.6) is 0 Å². The van der Waals surface area contributed by atoms with Crippen molar-refractivity contribution >= 4 is 16.9 Å². The van der Waals surface area contributed by atoms with Crippen LogP contribution < -0.4 is 0 Å². The summed E-state index contributed by atoms with van der Waals surface area (Å²) < 4.78 is 0. The molecule has 0 amide bonds. The molecule has 0 aliphatic heterocycles. The first kappa shape index (κ1) is 11.4. The summed E-state index contributed by atoms with van der Waals surface area (Å²) in [7, 11) is 0. The fourth-order valence-electron chi connectivity index (χ4n) is 2.14. The monoisotopic (exact) mass is 249 g/mol. The number of hydrogen-bond donors (Lipinski definition) is 1. The second-order valence-corrected chi connectivity index (χ2v) is 4.27. The lowest BCUT2D eigenvalue weighted by Gasteiger charge is -2.06. The van der Waals surface area contributed by atoms with Gasteiger partial charge in [0.05, 0.1) is 11.1 Å². The number of pyridine rings is 1. The van der Waals surface area contributed by atoms with Gasteiger partial charge in [-0.25, -0.2) is 4.79 Å². The Kier molecular flexibility index (Phi) is 2.72. The largest absolute Gasteiger partial charge is 0.478 e. The van der Waals surface area contributed by atoms with Gasteiger partial charge in [-0.05, 0) is 23.8 Å². The van der Waals surface area contributed by atoms with Crippen molar-refractivity contribution in [2.75, 3.05) is 0 Å². The zero-order valence-corrected chi connectivity index (χ0v) is 10.1. The Morgan fingerprint density at radius 1 is 1.00 bits per heavy atom. The van der Waals surface area contributed by atoms with E-state index in [-0.39, 0.29) is 0 Å². The van der Waals surface area contributed by atoms with Crippen molar-refractivity contribution in [2.45, 2.75) is 0 Å². The third-order valence-corrected chi connectivity index (χ3v) is 3.06. The molecule has 0 bridgehead atoms. The van der Waals surface area contributed by atoms with Gasteiger partial charge in [0.1, 0.15) is 0 Å². The first-order chi connectivity index (χ1) is 9.25. The molecule has 3 nitrogen and oxygen atoms in total. The molecule has 92 valence electrons. The highest BCUT2D eigenvalue weighted by Gasteiger charge is 2.11. The maximum Gasteiger partial charge on any atom is 0.336 e. The van der Waals surface area contributed by atoms with Gasteiger partial charge in [0.25, 0.3) is 0 Å². The minimum Gasteiger partial charge on any atom is -0.478 e. The summed E-state index contributed by atoms with van der Waals surface area (Å²) in [4.78, 5) is 15.6. The molecule has 0 atom stereocenters. The lowest BCUT2D eigenvalue weighted by Crippen LogP contribution is -1.99. The molecule has 0 saturated carbocycles. The minimum absolute atomic E-state index is 0.291. The van der Waals surface area contributed by atoms with E-state index in [2.05, 4.69) is 4.98 Å². The van der Waals surface area contributed by atoms with Gasteiger partial charge in [0, 0.05) is 17.1 Å². The van der Waals surface area contributed by atoms with Crippen LogP contribution in [-0.4, -0.2) is 16.1 Å². The maximum atomic E-state index is 11.2. The van der Waals surface area contributed by atoms with Crippen molar-refractivity contribution in [3.8, 4) is 11.1 Å². The highest BCUT2D eigenvalue weighted by molar-refractivity contribution is 5.97. The van der Waals surface area contributed by atoms with Crippen molar-refractivity contribution in [2.24, 2.45) is 0 Å². The second-order valence-electron chi connectivity index (χ2n) is 4.27. The number of carboxylic acid groups (broad SMARTS) is 1. The topological polar surface area (TPSA) is 50.2 Å². The normalized spacial score (nSPS) is 10.5. The fourth-order valence-corrected chi connectivity index (χ4v) is 2.14. The van der Waals surface area contributed by atoms with Crippen LogP contribution in [0.3, 0.4) is 0 Å². The van der Waals surface area contributed by atoms with E-state index in [0.29, 0.717) is 11.1 Å². The highest BCUT2D eigenvalue weighted by Crippen LogP contribution is 2.25. The van der Waals surface area contributed by atoms with E-state index in [9.17, 15) is 9.90 Å². The lowest BCUT2D eigenvalue weighted by atomic mass is 10.00. The van der Waals surface area contributed by atoms with E-state index in [0.717, 1.165) is 16.5 Å². The summed E-state index contributed by atoms with van der Waals surface area (Å²) in [6.07, 6.45) is 1.71. The number of hydrogen-bond acceptors (Lipinski definition) is 2. The molecule has 1 aromatic heterocycles. The van der Waals surface area contributed by atoms with Crippen molar-refractivity contribution < 1.29 is 9.90 Å². The number of carbonyl (C=O) groups is 1. The van der Waals surface area contributed by atoms with Crippen LogP contribution in [0.25, 0.3) is 22.0 Å². The molecule has 0 radical (unpaired) electrons. The molecule has 0 aliphatic rings. The summed E-state index contributed by atoms with van der Waals surface area (Å²) in [6, 6.07) is 16.7. The molecule has 2 aromatic carbocycles. The summed E-state index contributed by atoms with van der Waals surface area (Å²) in [5, 5.41) is 10.2. The molecule has 3 aromatic rings. The number of rotatable bonds is 2. The van der Waals surface area contributed by atoms with Crippen LogP contribution in [0.4, 0.5) is 0 Å². The standard InChI is InChI=1S/C16H11NO2/c18-16(19)14-7-3-2-6-13(14)12-9-11-5-1-4-8-15(11)17-10-12/h1-10H,(H,18,19).